The van der Waals surface area contributed by atoms with E-state index in [9.17, 15) is 13.6 Å². The third kappa shape index (κ3) is 6.81. The van der Waals surface area contributed by atoms with Gasteiger partial charge in [-0.15, -0.1) is 0 Å². The summed E-state index contributed by atoms with van der Waals surface area (Å²) < 4.78 is 24.8. The van der Waals surface area contributed by atoms with Crippen LogP contribution in [-0.2, 0) is 11.3 Å². The van der Waals surface area contributed by atoms with Gasteiger partial charge in [0.2, 0.25) is 5.91 Å². The smallest absolute Gasteiger partial charge is 0.251 e. The number of likely N-dealkylation sites (tertiary alicyclic amines) is 2. The molecule has 1 aromatic rings. The zero-order chi connectivity index (χ0) is 19.1. The highest BCUT2D eigenvalue weighted by Gasteiger charge is 2.25. The van der Waals surface area contributed by atoms with Gasteiger partial charge < -0.3 is 5.32 Å². The summed E-state index contributed by atoms with van der Waals surface area (Å²) >= 11 is 0. The molecular formula is C20H30F2N4O. The standard InChI is InChI=1S/C20H30F2N4O/c21-19(22)15-26-8-3-16(4-9-26)12-20(27)24-18-5-10-25(11-6-18)14-17-2-1-7-23-13-17/h1-2,7,13,16,18-19H,3-6,8-12,14-15H2,(H,24,27). The van der Waals surface area contributed by atoms with Gasteiger partial charge in [-0.1, -0.05) is 6.07 Å². The molecule has 5 nitrogen and oxygen atoms in total. The lowest BCUT2D eigenvalue weighted by molar-refractivity contribution is -0.123. The Bertz CT molecular complexity index is 571. The number of pyridine rings is 1. The molecule has 2 fully saturated rings. The topological polar surface area (TPSA) is 48.5 Å². The Morgan fingerprint density at radius 3 is 2.48 bits per heavy atom. The van der Waals surface area contributed by atoms with Crippen molar-refractivity contribution >= 4 is 5.91 Å². The maximum absolute atomic E-state index is 12.4. The predicted octanol–water partition coefficient (Wildman–Crippen LogP) is 2.53. The van der Waals surface area contributed by atoms with Gasteiger partial charge >= 0.3 is 0 Å². The van der Waals surface area contributed by atoms with Crippen LogP contribution in [0.1, 0.15) is 37.7 Å². The molecule has 2 aliphatic heterocycles. The summed E-state index contributed by atoms with van der Waals surface area (Å²) in [6.07, 6.45) is 5.56. The average molecular weight is 380 g/mol. The molecule has 0 atom stereocenters. The Morgan fingerprint density at radius 2 is 1.85 bits per heavy atom. The van der Waals surface area contributed by atoms with E-state index in [2.05, 4.69) is 21.3 Å². The SMILES string of the molecule is O=C(CC1CCN(CC(F)F)CC1)NC1CCN(Cc2cccnc2)CC1. The van der Waals surface area contributed by atoms with E-state index in [1.807, 2.05) is 12.3 Å². The summed E-state index contributed by atoms with van der Waals surface area (Å²) in [4.78, 5) is 20.7. The number of aromatic nitrogens is 1. The second-order valence-corrected chi connectivity index (χ2v) is 7.82. The minimum absolute atomic E-state index is 0.119. The van der Waals surface area contributed by atoms with Gasteiger partial charge in [-0.3, -0.25) is 19.6 Å². The monoisotopic (exact) mass is 380 g/mol. The number of halogens is 2. The fourth-order valence-corrected chi connectivity index (χ4v) is 4.10. The lowest BCUT2D eigenvalue weighted by atomic mass is 9.93. The lowest BCUT2D eigenvalue weighted by Gasteiger charge is -2.33. The van der Waals surface area contributed by atoms with Gasteiger partial charge in [0.05, 0.1) is 6.54 Å². The van der Waals surface area contributed by atoms with E-state index < -0.39 is 6.43 Å². The maximum atomic E-state index is 12.4. The Morgan fingerprint density at radius 1 is 1.15 bits per heavy atom. The Balaban J connectivity index is 1.32. The average Bonchev–Trinajstić information content (AvgIpc) is 2.65. The number of carbonyl (C=O) groups is 1. The molecule has 0 aromatic carbocycles. The highest BCUT2D eigenvalue weighted by Crippen LogP contribution is 2.21. The summed E-state index contributed by atoms with van der Waals surface area (Å²) in [5.74, 6) is 0.442. The molecule has 27 heavy (non-hydrogen) atoms. The zero-order valence-corrected chi connectivity index (χ0v) is 15.8. The Hall–Kier alpha value is -1.60. The summed E-state index contributed by atoms with van der Waals surface area (Å²) in [7, 11) is 0. The summed E-state index contributed by atoms with van der Waals surface area (Å²) in [5, 5.41) is 3.18. The van der Waals surface area contributed by atoms with Gasteiger partial charge in [0.15, 0.2) is 0 Å². The third-order valence-electron chi connectivity index (χ3n) is 5.66. The highest BCUT2D eigenvalue weighted by atomic mass is 19.3. The van der Waals surface area contributed by atoms with Crippen molar-refractivity contribution in [1.29, 1.82) is 0 Å². The van der Waals surface area contributed by atoms with Crippen molar-refractivity contribution in [1.82, 2.24) is 20.1 Å². The van der Waals surface area contributed by atoms with Crippen molar-refractivity contribution in [3.8, 4) is 0 Å². The van der Waals surface area contributed by atoms with Crippen molar-refractivity contribution in [3.05, 3.63) is 30.1 Å². The molecule has 2 saturated heterocycles. The van der Waals surface area contributed by atoms with E-state index in [0.717, 1.165) is 45.3 Å². The summed E-state index contributed by atoms with van der Waals surface area (Å²) in [5.41, 5.74) is 1.22. The molecule has 0 saturated carbocycles. The van der Waals surface area contributed by atoms with Crippen LogP contribution in [0.25, 0.3) is 0 Å². The van der Waals surface area contributed by atoms with Crippen LogP contribution >= 0.6 is 0 Å². The Kier molecular flexibility index (Phi) is 7.52. The first-order valence-corrected chi connectivity index (χ1v) is 9.99. The van der Waals surface area contributed by atoms with Gasteiger partial charge in [-0.2, -0.15) is 0 Å². The second-order valence-electron chi connectivity index (χ2n) is 7.82. The zero-order valence-electron chi connectivity index (χ0n) is 15.8. The van der Waals surface area contributed by atoms with Crippen molar-refractivity contribution in [3.63, 3.8) is 0 Å². The molecule has 150 valence electrons. The van der Waals surface area contributed by atoms with Crippen molar-refractivity contribution in [2.75, 3.05) is 32.7 Å². The largest absolute Gasteiger partial charge is 0.353 e. The molecule has 1 N–H and O–H groups in total. The number of hydrogen-bond donors (Lipinski definition) is 1. The second kappa shape index (κ2) is 10.1. The number of nitrogens with one attached hydrogen (secondary N) is 1. The normalized spacial score (nSPS) is 20.9. The molecule has 0 unspecified atom stereocenters. The summed E-state index contributed by atoms with van der Waals surface area (Å²) in [6.45, 7) is 4.07. The first-order chi connectivity index (χ1) is 13.1. The van der Waals surface area contributed by atoms with E-state index in [-0.39, 0.29) is 18.5 Å². The van der Waals surface area contributed by atoms with Gasteiger partial charge in [-0.25, -0.2) is 8.78 Å². The van der Waals surface area contributed by atoms with Crippen LogP contribution in [0.3, 0.4) is 0 Å². The summed E-state index contributed by atoms with van der Waals surface area (Å²) in [6, 6.07) is 4.30. The number of rotatable bonds is 7. The van der Waals surface area contributed by atoms with Crippen LogP contribution in [0.5, 0.6) is 0 Å². The van der Waals surface area contributed by atoms with E-state index in [1.165, 1.54) is 5.56 Å². The quantitative estimate of drug-likeness (QED) is 0.790. The van der Waals surface area contributed by atoms with Crippen LogP contribution in [-0.4, -0.2) is 65.9 Å². The predicted molar refractivity (Wildman–Crippen MR) is 100 cm³/mol. The number of carbonyl (C=O) groups excluding carboxylic acids is 1. The van der Waals surface area contributed by atoms with Crippen LogP contribution in [0.4, 0.5) is 8.78 Å². The molecule has 0 spiro atoms. The van der Waals surface area contributed by atoms with Crippen LogP contribution in [0.15, 0.2) is 24.5 Å². The molecule has 0 aliphatic carbocycles. The molecular weight excluding hydrogens is 350 g/mol. The van der Waals surface area contributed by atoms with Gasteiger partial charge in [-0.05, 0) is 56.3 Å². The first kappa shape index (κ1) is 20.1. The van der Waals surface area contributed by atoms with Gasteiger partial charge in [0.25, 0.3) is 6.43 Å². The van der Waals surface area contributed by atoms with Gasteiger partial charge in [0.1, 0.15) is 0 Å². The lowest BCUT2D eigenvalue weighted by Crippen LogP contribution is -2.45. The number of alkyl halides is 2. The fraction of sp³-hybridized carbons (Fsp3) is 0.700. The number of amides is 1. The van der Waals surface area contributed by atoms with Gasteiger partial charge in [0, 0.05) is 44.5 Å². The number of piperidine rings is 2. The van der Waals surface area contributed by atoms with E-state index >= 15 is 0 Å². The molecule has 1 aromatic heterocycles. The van der Waals surface area contributed by atoms with Crippen molar-refractivity contribution in [2.24, 2.45) is 5.92 Å². The molecule has 1 amide bonds. The third-order valence-corrected chi connectivity index (χ3v) is 5.66. The van der Waals surface area contributed by atoms with E-state index in [4.69, 9.17) is 0 Å². The molecule has 0 bridgehead atoms. The minimum atomic E-state index is -2.27. The van der Waals surface area contributed by atoms with Crippen molar-refractivity contribution < 1.29 is 13.6 Å². The molecule has 2 aliphatic rings. The van der Waals surface area contributed by atoms with E-state index in [0.29, 0.717) is 25.4 Å². The first-order valence-electron chi connectivity index (χ1n) is 9.99. The Labute approximate surface area is 160 Å². The number of nitrogens with zero attached hydrogens (tertiary/aromatic N) is 3. The molecule has 0 radical (unpaired) electrons. The van der Waals surface area contributed by atoms with Crippen LogP contribution in [0, 0.1) is 5.92 Å². The molecule has 3 rings (SSSR count). The fourth-order valence-electron chi connectivity index (χ4n) is 4.10. The molecule has 3 heterocycles. The van der Waals surface area contributed by atoms with Crippen LogP contribution in [0.2, 0.25) is 0 Å². The molecule has 7 heteroatoms. The van der Waals surface area contributed by atoms with E-state index in [1.54, 1.807) is 11.1 Å². The number of hydrogen-bond acceptors (Lipinski definition) is 4. The van der Waals surface area contributed by atoms with Crippen LogP contribution < -0.4 is 5.32 Å². The minimum Gasteiger partial charge on any atom is -0.353 e. The maximum Gasteiger partial charge on any atom is 0.251 e. The highest BCUT2D eigenvalue weighted by molar-refractivity contribution is 5.76. The van der Waals surface area contributed by atoms with Crippen molar-refractivity contribution in [2.45, 2.75) is 51.1 Å².